The topological polar surface area (TPSA) is 37.8 Å². The Morgan fingerprint density at radius 2 is 1.81 bits per heavy atom. The van der Waals surface area contributed by atoms with Crippen molar-refractivity contribution in [1.82, 2.24) is 9.97 Å². The maximum atomic E-state index is 6.08. The molecular weight excluding hydrogens is 282 g/mol. The van der Waals surface area contributed by atoms with Gasteiger partial charge < -0.3 is 5.32 Å². The summed E-state index contributed by atoms with van der Waals surface area (Å²) in [5.41, 5.74) is 4.28. The standard InChI is InChI=1S/C17H16ClN3/c1-10-4-6-13(11(2)8-10)17-20-15-9-12(18)5-7-14(15)16(19-3)21-17/h4-9H,1-3H3,(H,19,20,21). The second kappa shape index (κ2) is 5.34. The van der Waals surface area contributed by atoms with Gasteiger partial charge in [-0.05, 0) is 37.6 Å². The van der Waals surface area contributed by atoms with E-state index in [0.717, 1.165) is 22.3 Å². The van der Waals surface area contributed by atoms with Crippen molar-refractivity contribution in [3.63, 3.8) is 0 Å². The summed E-state index contributed by atoms with van der Waals surface area (Å²) < 4.78 is 0. The second-order valence-corrected chi connectivity index (χ2v) is 5.56. The van der Waals surface area contributed by atoms with E-state index in [1.54, 1.807) is 0 Å². The molecule has 0 spiro atoms. The van der Waals surface area contributed by atoms with Crippen LogP contribution in [0.1, 0.15) is 11.1 Å². The van der Waals surface area contributed by atoms with E-state index >= 15 is 0 Å². The molecule has 0 fully saturated rings. The number of aromatic nitrogens is 2. The Hall–Kier alpha value is -2.13. The molecule has 0 saturated heterocycles. The molecule has 21 heavy (non-hydrogen) atoms. The van der Waals surface area contributed by atoms with E-state index in [-0.39, 0.29) is 0 Å². The molecule has 0 atom stereocenters. The Labute approximate surface area is 129 Å². The highest BCUT2D eigenvalue weighted by molar-refractivity contribution is 6.31. The summed E-state index contributed by atoms with van der Waals surface area (Å²) in [5, 5.41) is 4.78. The Balaban J connectivity index is 2.27. The quantitative estimate of drug-likeness (QED) is 0.750. The molecule has 2 aromatic carbocycles. The van der Waals surface area contributed by atoms with Gasteiger partial charge in [-0.25, -0.2) is 9.97 Å². The van der Waals surface area contributed by atoms with E-state index in [4.69, 9.17) is 11.6 Å². The minimum atomic E-state index is 0.676. The highest BCUT2D eigenvalue weighted by Gasteiger charge is 2.10. The van der Waals surface area contributed by atoms with Crippen molar-refractivity contribution in [2.75, 3.05) is 12.4 Å². The van der Waals surface area contributed by atoms with Gasteiger partial charge in [-0.3, -0.25) is 0 Å². The molecule has 106 valence electrons. The maximum Gasteiger partial charge on any atom is 0.162 e. The minimum Gasteiger partial charge on any atom is -0.373 e. The van der Waals surface area contributed by atoms with Crippen molar-refractivity contribution in [2.45, 2.75) is 13.8 Å². The summed E-state index contributed by atoms with van der Waals surface area (Å²) in [4.78, 5) is 9.31. The van der Waals surface area contributed by atoms with Gasteiger partial charge in [-0.1, -0.05) is 35.4 Å². The van der Waals surface area contributed by atoms with Gasteiger partial charge in [0.2, 0.25) is 0 Å². The average molecular weight is 298 g/mol. The zero-order valence-electron chi connectivity index (χ0n) is 12.2. The third-order valence-electron chi connectivity index (χ3n) is 3.52. The number of nitrogens with one attached hydrogen (secondary N) is 1. The van der Waals surface area contributed by atoms with Crippen molar-refractivity contribution in [1.29, 1.82) is 0 Å². The summed E-state index contributed by atoms with van der Waals surface area (Å²) in [7, 11) is 1.86. The molecule has 3 aromatic rings. The van der Waals surface area contributed by atoms with Gasteiger partial charge in [0.1, 0.15) is 5.82 Å². The number of hydrogen-bond acceptors (Lipinski definition) is 3. The summed E-state index contributed by atoms with van der Waals surface area (Å²) in [6.45, 7) is 4.16. The molecule has 0 radical (unpaired) electrons. The lowest BCUT2D eigenvalue weighted by molar-refractivity contribution is 1.20. The first-order valence-electron chi connectivity index (χ1n) is 6.81. The van der Waals surface area contributed by atoms with Crippen molar-refractivity contribution >= 4 is 28.3 Å². The number of aryl methyl sites for hydroxylation is 2. The predicted octanol–water partition coefficient (Wildman–Crippen LogP) is 4.61. The Kier molecular flexibility index (Phi) is 3.52. The zero-order chi connectivity index (χ0) is 15.0. The predicted molar refractivity (Wildman–Crippen MR) is 89.0 cm³/mol. The van der Waals surface area contributed by atoms with Crippen LogP contribution in [0.5, 0.6) is 0 Å². The van der Waals surface area contributed by atoms with E-state index < -0.39 is 0 Å². The average Bonchev–Trinajstić information content (AvgIpc) is 2.45. The van der Waals surface area contributed by atoms with E-state index in [1.807, 2.05) is 25.2 Å². The van der Waals surface area contributed by atoms with Gasteiger partial charge >= 0.3 is 0 Å². The monoisotopic (exact) mass is 297 g/mol. The van der Waals surface area contributed by atoms with Crippen LogP contribution in [0.4, 0.5) is 5.82 Å². The van der Waals surface area contributed by atoms with Crippen LogP contribution in [-0.2, 0) is 0 Å². The molecule has 1 N–H and O–H groups in total. The SMILES string of the molecule is CNc1nc(-c2ccc(C)cc2C)nc2cc(Cl)ccc12. The summed E-state index contributed by atoms with van der Waals surface area (Å²) in [6, 6.07) is 11.9. The van der Waals surface area contributed by atoms with Gasteiger partial charge in [0.25, 0.3) is 0 Å². The van der Waals surface area contributed by atoms with Crippen LogP contribution in [0.3, 0.4) is 0 Å². The van der Waals surface area contributed by atoms with Crippen LogP contribution in [-0.4, -0.2) is 17.0 Å². The van der Waals surface area contributed by atoms with E-state index in [1.165, 1.54) is 11.1 Å². The van der Waals surface area contributed by atoms with Crippen molar-refractivity contribution in [3.05, 3.63) is 52.5 Å². The zero-order valence-corrected chi connectivity index (χ0v) is 13.0. The molecule has 0 aliphatic carbocycles. The number of anilines is 1. The Morgan fingerprint density at radius 1 is 1.00 bits per heavy atom. The van der Waals surface area contributed by atoms with Crippen LogP contribution in [0.25, 0.3) is 22.3 Å². The Bertz CT molecular complexity index is 828. The van der Waals surface area contributed by atoms with E-state index in [0.29, 0.717) is 10.8 Å². The largest absolute Gasteiger partial charge is 0.373 e. The van der Waals surface area contributed by atoms with Gasteiger partial charge in [-0.15, -0.1) is 0 Å². The number of nitrogens with zero attached hydrogens (tertiary/aromatic N) is 2. The highest BCUT2D eigenvalue weighted by Crippen LogP contribution is 2.28. The lowest BCUT2D eigenvalue weighted by atomic mass is 10.0. The fourth-order valence-corrected chi connectivity index (χ4v) is 2.64. The number of rotatable bonds is 2. The molecule has 0 aliphatic heterocycles. The first kappa shape index (κ1) is 13.8. The van der Waals surface area contributed by atoms with Crippen molar-refractivity contribution < 1.29 is 0 Å². The van der Waals surface area contributed by atoms with E-state index in [2.05, 4.69) is 47.3 Å². The number of halogens is 1. The molecule has 3 nitrogen and oxygen atoms in total. The fourth-order valence-electron chi connectivity index (χ4n) is 2.48. The number of benzene rings is 2. The van der Waals surface area contributed by atoms with Gasteiger partial charge in [0.05, 0.1) is 5.52 Å². The molecule has 1 heterocycles. The molecule has 4 heteroatoms. The van der Waals surface area contributed by atoms with Gasteiger partial charge in [0.15, 0.2) is 5.82 Å². The summed E-state index contributed by atoms with van der Waals surface area (Å²) >= 11 is 6.08. The molecule has 0 aliphatic rings. The first-order chi connectivity index (χ1) is 10.1. The van der Waals surface area contributed by atoms with Crippen LogP contribution < -0.4 is 5.32 Å². The first-order valence-corrected chi connectivity index (χ1v) is 7.19. The molecule has 0 bridgehead atoms. The molecule has 3 rings (SSSR count). The van der Waals surface area contributed by atoms with Gasteiger partial charge in [-0.2, -0.15) is 0 Å². The maximum absolute atomic E-state index is 6.08. The highest BCUT2D eigenvalue weighted by atomic mass is 35.5. The summed E-state index contributed by atoms with van der Waals surface area (Å²) in [6.07, 6.45) is 0. The van der Waals surface area contributed by atoms with Crippen LogP contribution >= 0.6 is 11.6 Å². The number of hydrogen-bond donors (Lipinski definition) is 1. The number of fused-ring (bicyclic) bond motifs is 1. The smallest absolute Gasteiger partial charge is 0.162 e. The molecular formula is C17H16ClN3. The Morgan fingerprint density at radius 3 is 2.52 bits per heavy atom. The van der Waals surface area contributed by atoms with Crippen LogP contribution in [0.2, 0.25) is 5.02 Å². The fraction of sp³-hybridized carbons (Fsp3) is 0.176. The molecule has 0 amide bonds. The van der Waals surface area contributed by atoms with Crippen molar-refractivity contribution in [3.8, 4) is 11.4 Å². The van der Waals surface area contributed by atoms with Crippen molar-refractivity contribution in [2.24, 2.45) is 0 Å². The lowest BCUT2D eigenvalue weighted by Gasteiger charge is -2.10. The second-order valence-electron chi connectivity index (χ2n) is 5.13. The molecule has 1 aromatic heterocycles. The third kappa shape index (κ3) is 2.57. The summed E-state index contributed by atoms with van der Waals surface area (Å²) in [5.74, 6) is 1.53. The minimum absolute atomic E-state index is 0.676. The third-order valence-corrected chi connectivity index (χ3v) is 3.75. The molecule has 0 unspecified atom stereocenters. The van der Waals surface area contributed by atoms with Gasteiger partial charge in [0, 0.05) is 23.0 Å². The van der Waals surface area contributed by atoms with E-state index in [9.17, 15) is 0 Å². The lowest BCUT2D eigenvalue weighted by Crippen LogP contribution is -1.99. The van der Waals surface area contributed by atoms with Crippen LogP contribution in [0, 0.1) is 13.8 Å². The normalized spacial score (nSPS) is 10.9. The molecule has 0 saturated carbocycles. The van der Waals surface area contributed by atoms with Crippen LogP contribution in [0.15, 0.2) is 36.4 Å².